The quantitative estimate of drug-likeness (QED) is 0.810. The van der Waals surface area contributed by atoms with E-state index < -0.39 is 23.3 Å². The van der Waals surface area contributed by atoms with E-state index in [1.165, 1.54) is 23.1 Å². The summed E-state index contributed by atoms with van der Waals surface area (Å²) in [4.78, 5) is 14.0. The van der Waals surface area contributed by atoms with Gasteiger partial charge >= 0.3 is 6.18 Å². The average molecular weight is 374 g/mol. The summed E-state index contributed by atoms with van der Waals surface area (Å²) in [6.45, 7) is 2.53. The molecule has 9 heteroatoms. The van der Waals surface area contributed by atoms with E-state index in [1.54, 1.807) is 13.0 Å². The van der Waals surface area contributed by atoms with Crippen LogP contribution in [0.4, 0.5) is 13.2 Å². The van der Waals surface area contributed by atoms with Gasteiger partial charge in [-0.05, 0) is 25.1 Å². The number of amides is 1. The van der Waals surface area contributed by atoms with Crippen molar-refractivity contribution in [3.63, 3.8) is 0 Å². The predicted octanol–water partition coefficient (Wildman–Crippen LogP) is 3.41. The van der Waals surface area contributed by atoms with Crippen LogP contribution in [-0.4, -0.2) is 46.4 Å². The highest BCUT2D eigenvalue weighted by atomic mass is 35.5. The van der Waals surface area contributed by atoms with Crippen LogP contribution in [0.25, 0.3) is 5.69 Å². The van der Waals surface area contributed by atoms with Crippen molar-refractivity contribution in [2.45, 2.75) is 19.2 Å². The summed E-state index contributed by atoms with van der Waals surface area (Å²) in [6.07, 6.45) is -4.02. The van der Waals surface area contributed by atoms with Gasteiger partial charge in [0.2, 0.25) is 0 Å². The van der Waals surface area contributed by atoms with Crippen molar-refractivity contribution in [3.8, 4) is 5.69 Å². The van der Waals surface area contributed by atoms with Gasteiger partial charge in [0.1, 0.15) is 0 Å². The van der Waals surface area contributed by atoms with Gasteiger partial charge in [-0.1, -0.05) is 17.7 Å². The predicted molar refractivity (Wildman–Crippen MR) is 84.9 cm³/mol. The van der Waals surface area contributed by atoms with Gasteiger partial charge in [-0.25, -0.2) is 4.68 Å². The summed E-state index contributed by atoms with van der Waals surface area (Å²) in [5, 5.41) is 4.06. The maximum atomic E-state index is 13.6. The topological polar surface area (TPSA) is 47.4 Å². The third-order valence-electron chi connectivity index (χ3n) is 3.85. The molecular weight excluding hydrogens is 359 g/mol. The lowest BCUT2D eigenvalue weighted by Gasteiger charge is -2.31. The van der Waals surface area contributed by atoms with Gasteiger partial charge in [-0.3, -0.25) is 4.79 Å². The zero-order chi connectivity index (χ0) is 18.2. The van der Waals surface area contributed by atoms with Crippen molar-refractivity contribution in [3.05, 3.63) is 46.7 Å². The summed E-state index contributed by atoms with van der Waals surface area (Å²) >= 11 is 5.86. The monoisotopic (exact) mass is 373 g/mol. The van der Waals surface area contributed by atoms with Crippen LogP contribution in [0.3, 0.4) is 0 Å². The van der Waals surface area contributed by atoms with Gasteiger partial charge in [0.05, 0.1) is 30.2 Å². The van der Waals surface area contributed by atoms with E-state index in [9.17, 15) is 18.0 Å². The number of hydrogen-bond acceptors (Lipinski definition) is 3. The molecule has 134 valence electrons. The first kappa shape index (κ1) is 17.8. The number of hydrogen-bond donors (Lipinski definition) is 0. The molecule has 5 nitrogen and oxygen atoms in total. The van der Waals surface area contributed by atoms with E-state index >= 15 is 0 Å². The molecule has 3 rings (SSSR count). The van der Waals surface area contributed by atoms with Gasteiger partial charge in [-0.15, -0.1) is 0 Å². The van der Waals surface area contributed by atoms with E-state index in [0.29, 0.717) is 4.68 Å². The Morgan fingerprint density at radius 3 is 2.80 bits per heavy atom. The van der Waals surface area contributed by atoms with Crippen LogP contribution in [0.5, 0.6) is 0 Å². The Labute approximate surface area is 146 Å². The standard InChI is InChI=1S/C16H15ClF3N3O2/c1-10-9-22(5-6-25-10)15(24)13-8-21-23(14(13)16(18,19)20)12-4-2-3-11(17)7-12/h2-4,7-8,10H,5-6,9H2,1H3. The lowest BCUT2D eigenvalue weighted by molar-refractivity contribution is -0.143. The van der Waals surface area contributed by atoms with Crippen LogP contribution in [-0.2, 0) is 10.9 Å². The minimum atomic E-state index is -4.75. The summed E-state index contributed by atoms with van der Waals surface area (Å²) < 4.78 is 47.0. The molecule has 0 aliphatic carbocycles. The van der Waals surface area contributed by atoms with Gasteiger partial charge < -0.3 is 9.64 Å². The minimum absolute atomic E-state index is 0.134. The average Bonchev–Trinajstić information content (AvgIpc) is 2.99. The number of halogens is 4. The molecule has 0 bridgehead atoms. The van der Waals surface area contributed by atoms with Gasteiger partial charge in [0.25, 0.3) is 5.91 Å². The largest absolute Gasteiger partial charge is 0.434 e. The normalized spacial score (nSPS) is 18.4. The zero-order valence-electron chi connectivity index (χ0n) is 13.3. The number of carbonyl (C=O) groups is 1. The minimum Gasteiger partial charge on any atom is -0.375 e. The lowest BCUT2D eigenvalue weighted by Crippen LogP contribution is -2.45. The number of aromatic nitrogens is 2. The van der Waals surface area contributed by atoms with Gasteiger partial charge in [0, 0.05) is 18.1 Å². The van der Waals surface area contributed by atoms with Crippen molar-refractivity contribution in [1.82, 2.24) is 14.7 Å². The molecule has 0 radical (unpaired) electrons. The Balaban J connectivity index is 2.04. The number of alkyl halides is 3. The van der Waals surface area contributed by atoms with Crippen LogP contribution >= 0.6 is 11.6 Å². The smallest absolute Gasteiger partial charge is 0.375 e. The molecule has 1 atom stereocenters. The van der Waals surface area contributed by atoms with Gasteiger partial charge in [-0.2, -0.15) is 18.3 Å². The Kier molecular flexibility index (Phi) is 4.75. The van der Waals surface area contributed by atoms with Crippen LogP contribution in [0.15, 0.2) is 30.5 Å². The summed E-state index contributed by atoms with van der Waals surface area (Å²) in [5.74, 6) is -0.712. The van der Waals surface area contributed by atoms with Crippen LogP contribution in [0.1, 0.15) is 23.0 Å². The summed E-state index contributed by atoms with van der Waals surface area (Å²) in [6, 6.07) is 5.86. The second kappa shape index (κ2) is 6.68. The SMILES string of the molecule is CC1CN(C(=O)c2cnn(-c3cccc(Cl)c3)c2C(F)(F)F)CCO1. The fourth-order valence-electron chi connectivity index (χ4n) is 2.75. The third kappa shape index (κ3) is 3.64. The number of ether oxygens (including phenoxy) is 1. The molecule has 0 N–H and O–H groups in total. The molecular formula is C16H15ClF3N3O2. The van der Waals surface area contributed by atoms with Crippen molar-refractivity contribution in [2.75, 3.05) is 19.7 Å². The number of carbonyl (C=O) groups excluding carboxylic acids is 1. The Morgan fingerprint density at radius 1 is 1.40 bits per heavy atom. The maximum Gasteiger partial charge on any atom is 0.434 e. The van der Waals surface area contributed by atoms with E-state index in [-0.39, 0.29) is 36.5 Å². The van der Waals surface area contributed by atoms with Crippen molar-refractivity contribution in [1.29, 1.82) is 0 Å². The van der Waals surface area contributed by atoms with Crippen molar-refractivity contribution in [2.24, 2.45) is 0 Å². The van der Waals surface area contributed by atoms with E-state index in [4.69, 9.17) is 16.3 Å². The van der Waals surface area contributed by atoms with Crippen LogP contribution < -0.4 is 0 Å². The number of benzene rings is 1. The van der Waals surface area contributed by atoms with Crippen LogP contribution in [0.2, 0.25) is 5.02 Å². The lowest BCUT2D eigenvalue weighted by atomic mass is 10.1. The molecule has 2 aromatic rings. The molecule has 1 aromatic carbocycles. The second-order valence-corrected chi connectivity index (χ2v) is 6.17. The molecule has 2 heterocycles. The molecule has 0 spiro atoms. The number of rotatable bonds is 2. The number of nitrogens with zero attached hydrogens (tertiary/aromatic N) is 3. The Hall–Kier alpha value is -2.06. The first-order valence-corrected chi connectivity index (χ1v) is 7.97. The molecule has 1 fully saturated rings. The van der Waals surface area contributed by atoms with E-state index in [1.807, 2.05) is 0 Å². The fraction of sp³-hybridized carbons (Fsp3) is 0.375. The van der Waals surface area contributed by atoms with E-state index in [2.05, 4.69) is 5.10 Å². The summed E-state index contributed by atoms with van der Waals surface area (Å²) in [5.41, 5.74) is -1.46. The highest BCUT2D eigenvalue weighted by molar-refractivity contribution is 6.30. The van der Waals surface area contributed by atoms with Crippen molar-refractivity contribution >= 4 is 17.5 Å². The number of morpholine rings is 1. The maximum absolute atomic E-state index is 13.6. The second-order valence-electron chi connectivity index (χ2n) is 5.73. The molecule has 1 saturated heterocycles. The molecule has 1 aliphatic heterocycles. The highest BCUT2D eigenvalue weighted by Crippen LogP contribution is 2.34. The molecule has 1 aromatic heterocycles. The molecule has 1 aliphatic rings. The Bertz CT molecular complexity index is 791. The molecule has 1 unspecified atom stereocenters. The van der Waals surface area contributed by atoms with E-state index in [0.717, 1.165) is 6.20 Å². The molecule has 25 heavy (non-hydrogen) atoms. The molecule has 0 saturated carbocycles. The van der Waals surface area contributed by atoms with Crippen LogP contribution in [0, 0.1) is 0 Å². The first-order valence-electron chi connectivity index (χ1n) is 7.59. The third-order valence-corrected chi connectivity index (χ3v) is 4.08. The van der Waals surface area contributed by atoms with Gasteiger partial charge in [0.15, 0.2) is 5.69 Å². The summed E-state index contributed by atoms with van der Waals surface area (Å²) in [7, 11) is 0. The molecule has 1 amide bonds. The fourth-order valence-corrected chi connectivity index (χ4v) is 2.94. The first-order chi connectivity index (χ1) is 11.8. The zero-order valence-corrected chi connectivity index (χ0v) is 14.0. The van der Waals surface area contributed by atoms with Crippen molar-refractivity contribution < 1.29 is 22.7 Å². The highest BCUT2D eigenvalue weighted by Gasteiger charge is 2.41. The Morgan fingerprint density at radius 2 is 2.16 bits per heavy atom.